The summed E-state index contributed by atoms with van der Waals surface area (Å²) in [7, 11) is 0. The van der Waals surface area contributed by atoms with Crippen molar-refractivity contribution in [2.75, 3.05) is 31.1 Å². The molecule has 0 aromatic carbocycles. The van der Waals surface area contributed by atoms with Gasteiger partial charge in [-0.25, -0.2) is 4.98 Å². The van der Waals surface area contributed by atoms with Gasteiger partial charge in [-0.15, -0.1) is 0 Å². The topological polar surface area (TPSA) is 64.3 Å². The number of ether oxygens (including phenoxy) is 1. The van der Waals surface area contributed by atoms with Crippen LogP contribution in [0.15, 0.2) is 6.07 Å². The van der Waals surface area contributed by atoms with E-state index in [1.165, 1.54) is 0 Å². The van der Waals surface area contributed by atoms with Gasteiger partial charge < -0.3 is 15.4 Å². The first-order chi connectivity index (χ1) is 9.06. The minimum Gasteiger partial charge on any atom is -0.478 e. The van der Waals surface area contributed by atoms with E-state index in [4.69, 9.17) is 10.5 Å². The van der Waals surface area contributed by atoms with Crippen LogP contribution in [0.5, 0.6) is 5.88 Å². The van der Waals surface area contributed by atoms with E-state index < -0.39 is 0 Å². The van der Waals surface area contributed by atoms with Crippen molar-refractivity contribution in [3.63, 3.8) is 0 Å². The second-order valence-corrected chi connectivity index (χ2v) is 5.58. The Labute approximate surface area is 115 Å². The molecule has 2 heterocycles. The van der Waals surface area contributed by atoms with Gasteiger partial charge in [-0.2, -0.15) is 4.98 Å². The van der Waals surface area contributed by atoms with Crippen molar-refractivity contribution in [1.82, 2.24) is 9.97 Å². The van der Waals surface area contributed by atoms with E-state index in [1.54, 1.807) is 0 Å². The van der Waals surface area contributed by atoms with E-state index in [9.17, 15) is 0 Å². The third-order valence-electron chi connectivity index (χ3n) is 3.86. The second-order valence-electron chi connectivity index (χ2n) is 5.58. The molecule has 1 aromatic heterocycles. The SMILES string of the molecule is CCOc1cc(C)nc(N2CCC(C)(CN)CC2)n1. The van der Waals surface area contributed by atoms with Crippen LogP contribution in [0.3, 0.4) is 0 Å². The van der Waals surface area contributed by atoms with Crippen molar-refractivity contribution in [3.8, 4) is 5.88 Å². The maximum atomic E-state index is 5.84. The summed E-state index contributed by atoms with van der Waals surface area (Å²) in [5.41, 5.74) is 7.05. The van der Waals surface area contributed by atoms with Crippen LogP contribution in [0.2, 0.25) is 0 Å². The third kappa shape index (κ3) is 3.35. The predicted molar refractivity (Wildman–Crippen MR) is 76.5 cm³/mol. The van der Waals surface area contributed by atoms with Crippen molar-refractivity contribution >= 4 is 5.95 Å². The van der Waals surface area contributed by atoms with Gasteiger partial charge in [-0.05, 0) is 38.6 Å². The lowest BCUT2D eigenvalue weighted by Crippen LogP contribution is -2.43. The Morgan fingerprint density at radius 2 is 2.05 bits per heavy atom. The highest BCUT2D eigenvalue weighted by atomic mass is 16.5. The van der Waals surface area contributed by atoms with Gasteiger partial charge in [-0.1, -0.05) is 6.92 Å². The molecule has 0 amide bonds. The van der Waals surface area contributed by atoms with E-state index in [0.29, 0.717) is 12.5 Å². The van der Waals surface area contributed by atoms with E-state index in [1.807, 2.05) is 19.9 Å². The Balaban J connectivity index is 2.10. The lowest BCUT2D eigenvalue weighted by Gasteiger charge is -2.38. The predicted octanol–water partition coefficient (Wildman–Crippen LogP) is 1.75. The molecule has 0 unspecified atom stereocenters. The first-order valence-electron chi connectivity index (χ1n) is 7.00. The number of anilines is 1. The van der Waals surface area contributed by atoms with Crippen LogP contribution in [-0.2, 0) is 0 Å². The lowest BCUT2D eigenvalue weighted by molar-refractivity contribution is 0.256. The number of nitrogens with two attached hydrogens (primary N) is 1. The average molecular weight is 264 g/mol. The third-order valence-corrected chi connectivity index (χ3v) is 3.86. The summed E-state index contributed by atoms with van der Waals surface area (Å²) < 4.78 is 5.48. The fourth-order valence-corrected chi connectivity index (χ4v) is 2.34. The summed E-state index contributed by atoms with van der Waals surface area (Å²) >= 11 is 0. The monoisotopic (exact) mass is 264 g/mol. The minimum absolute atomic E-state index is 0.267. The molecule has 2 N–H and O–H groups in total. The molecule has 1 aliphatic rings. The summed E-state index contributed by atoms with van der Waals surface area (Å²) in [6.45, 7) is 9.49. The van der Waals surface area contributed by atoms with Crippen LogP contribution >= 0.6 is 0 Å². The van der Waals surface area contributed by atoms with Gasteiger partial charge in [-0.3, -0.25) is 0 Å². The Kier molecular flexibility index (Phi) is 4.24. The van der Waals surface area contributed by atoms with Crippen molar-refractivity contribution < 1.29 is 4.74 Å². The Bertz CT molecular complexity index is 427. The van der Waals surface area contributed by atoms with Gasteiger partial charge in [0, 0.05) is 24.8 Å². The van der Waals surface area contributed by atoms with Gasteiger partial charge in [0.1, 0.15) is 0 Å². The van der Waals surface area contributed by atoms with Crippen LogP contribution in [0, 0.1) is 12.3 Å². The van der Waals surface area contributed by atoms with Crippen molar-refractivity contribution in [3.05, 3.63) is 11.8 Å². The van der Waals surface area contributed by atoms with Gasteiger partial charge in [0.15, 0.2) is 0 Å². The fourth-order valence-electron chi connectivity index (χ4n) is 2.34. The largest absolute Gasteiger partial charge is 0.478 e. The van der Waals surface area contributed by atoms with E-state index in [-0.39, 0.29) is 5.41 Å². The van der Waals surface area contributed by atoms with Crippen LogP contribution in [-0.4, -0.2) is 36.2 Å². The van der Waals surface area contributed by atoms with Gasteiger partial charge >= 0.3 is 0 Å². The number of piperidine rings is 1. The maximum Gasteiger partial charge on any atom is 0.228 e. The first kappa shape index (κ1) is 14.1. The normalized spacial score (nSPS) is 18.4. The van der Waals surface area contributed by atoms with Gasteiger partial charge in [0.2, 0.25) is 11.8 Å². The Morgan fingerprint density at radius 3 is 2.63 bits per heavy atom. The Hall–Kier alpha value is -1.36. The molecular weight excluding hydrogens is 240 g/mol. The number of rotatable bonds is 4. The molecule has 1 aliphatic heterocycles. The average Bonchev–Trinajstić information content (AvgIpc) is 2.39. The second kappa shape index (κ2) is 5.74. The van der Waals surface area contributed by atoms with Gasteiger partial charge in [0.25, 0.3) is 0 Å². The van der Waals surface area contributed by atoms with E-state index in [2.05, 4.69) is 21.8 Å². The molecule has 5 heteroatoms. The maximum absolute atomic E-state index is 5.84. The molecule has 1 aromatic rings. The summed E-state index contributed by atoms with van der Waals surface area (Å²) in [5, 5.41) is 0. The molecule has 19 heavy (non-hydrogen) atoms. The smallest absolute Gasteiger partial charge is 0.228 e. The molecule has 5 nitrogen and oxygen atoms in total. The molecule has 0 radical (unpaired) electrons. The zero-order valence-corrected chi connectivity index (χ0v) is 12.1. The molecule has 1 saturated heterocycles. The highest BCUT2D eigenvalue weighted by Gasteiger charge is 2.29. The van der Waals surface area contributed by atoms with Gasteiger partial charge in [0.05, 0.1) is 6.61 Å². The molecular formula is C14H24N4O. The number of hydrogen-bond donors (Lipinski definition) is 1. The molecule has 106 valence electrons. The van der Waals surface area contributed by atoms with Crippen molar-refractivity contribution in [1.29, 1.82) is 0 Å². The summed E-state index contributed by atoms with van der Waals surface area (Å²) in [5.74, 6) is 1.44. The van der Waals surface area contributed by atoms with Crippen LogP contribution < -0.4 is 15.4 Å². The van der Waals surface area contributed by atoms with Crippen molar-refractivity contribution in [2.45, 2.75) is 33.6 Å². The fraction of sp³-hybridized carbons (Fsp3) is 0.714. The summed E-state index contributed by atoms with van der Waals surface area (Å²) in [4.78, 5) is 11.2. The number of nitrogens with zero attached hydrogens (tertiary/aromatic N) is 3. The standard InChI is InChI=1S/C14H24N4O/c1-4-19-12-9-11(2)16-13(17-12)18-7-5-14(3,10-15)6-8-18/h9H,4-8,10,15H2,1-3H3. The number of aromatic nitrogens is 2. The van der Waals surface area contributed by atoms with Crippen molar-refractivity contribution in [2.24, 2.45) is 11.1 Å². The Morgan fingerprint density at radius 1 is 1.37 bits per heavy atom. The molecule has 1 fully saturated rings. The molecule has 0 bridgehead atoms. The first-order valence-corrected chi connectivity index (χ1v) is 7.00. The summed E-state index contributed by atoms with van der Waals surface area (Å²) in [6, 6.07) is 1.88. The molecule has 2 rings (SSSR count). The molecule has 0 atom stereocenters. The highest BCUT2D eigenvalue weighted by Crippen LogP contribution is 2.31. The number of hydrogen-bond acceptors (Lipinski definition) is 5. The van der Waals surface area contributed by atoms with E-state index in [0.717, 1.165) is 44.1 Å². The zero-order chi connectivity index (χ0) is 13.9. The summed E-state index contributed by atoms with van der Waals surface area (Å²) in [6.07, 6.45) is 2.18. The van der Waals surface area contributed by atoms with Crippen LogP contribution in [0.25, 0.3) is 0 Å². The van der Waals surface area contributed by atoms with E-state index >= 15 is 0 Å². The minimum atomic E-state index is 0.267. The molecule has 0 aliphatic carbocycles. The zero-order valence-electron chi connectivity index (χ0n) is 12.1. The molecule has 0 saturated carbocycles. The molecule has 0 spiro atoms. The lowest BCUT2D eigenvalue weighted by atomic mass is 9.81. The van der Waals surface area contributed by atoms with Crippen LogP contribution in [0.4, 0.5) is 5.95 Å². The quantitative estimate of drug-likeness (QED) is 0.897. The number of aryl methyl sites for hydroxylation is 1. The van der Waals surface area contributed by atoms with Crippen LogP contribution in [0.1, 0.15) is 32.4 Å². The highest BCUT2D eigenvalue weighted by molar-refractivity contribution is 5.35.